The molecule has 32 heavy (non-hydrogen) atoms. The average molecular weight is 427 g/mol. The molecule has 1 aliphatic carbocycles. The maximum absolute atomic E-state index is 13.2. The number of hydrogen-bond donors (Lipinski definition) is 2. The number of fused-ring (bicyclic) bond motifs is 2. The molecule has 1 amide bonds. The SMILES string of the molecule is N#CN1CC2CCC1[C@@H]2NC(=O)c1ccc(-c2cnccc2Nc2ccc(F)cc2)cc1. The van der Waals surface area contributed by atoms with Gasteiger partial charge in [-0.25, -0.2) is 4.39 Å². The lowest BCUT2D eigenvalue weighted by atomic mass is 10.0. The number of halogens is 1. The number of amides is 1. The van der Waals surface area contributed by atoms with Crippen LogP contribution in [0.1, 0.15) is 23.2 Å². The molecular weight excluding hydrogens is 405 g/mol. The molecule has 3 aromatic rings. The molecule has 2 bridgehead atoms. The Balaban J connectivity index is 1.32. The lowest BCUT2D eigenvalue weighted by Gasteiger charge is -2.21. The minimum atomic E-state index is -0.287. The monoisotopic (exact) mass is 427 g/mol. The third kappa shape index (κ3) is 3.76. The van der Waals surface area contributed by atoms with Gasteiger partial charge in [0, 0.05) is 41.4 Å². The third-order valence-electron chi connectivity index (χ3n) is 6.42. The van der Waals surface area contributed by atoms with Crippen LogP contribution in [-0.2, 0) is 0 Å². The number of carbonyl (C=O) groups is 1. The summed E-state index contributed by atoms with van der Waals surface area (Å²) in [7, 11) is 0. The Hall–Kier alpha value is -3.92. The summed E-state index contributed by atoms with van der Waals surface area (Å²) in [4.78, 5) is 18.9. The summed E-state index contributed by atoms with van der Waals surface area (Å²) in [6, 6.07) is 15.6. The predicted molar refractivity (Wildman–Crippen MR) is 119 cm³/mol. The summed E-state index contributed by atoms with van der Waals surface area (Å²) >= 11 is 0. The van der Waals surface area contributed by atoms with Crippen LogP contribution < -0.4 is 10.6 Å². The van der Waals surface area contributed by atoms with E-state index in [9.17, 15) is 14.4 Å². The minimum Gasteiger partial charge on any atom is -0.355 e. The molecule has 0 spiro atoms. The molecule has 7 heteroatoms. The van der Waals surface area contributed by atoms with Gasteiger partial charge < -0.3 is 15.5 Å². The summed E-state index contributed by atoms with van der Waals surface area (Å²) in [6.07, 6.45) is 7.70. The Morgan fingerprint density at radius 1 is 1.09 bits per heavy atom. The van der Waals surface area contributed by atoms with Gasteiger partial charge in [0.15, 0.2) is 6.19 Å². The van der Waals surface area contributed by atoms with E-state index < -0.39 is 0 Å². The number of anilines is 2. The van der Waals surface area contributed by atoms with Gasteiger partial charge in [-0.05, 0) is 66.8 Å². The fraction of sp³-hybridized carbons (Fsp3) is 0.240. The largest absolute Gasteiger partial charge is 0.355 e. The third-order valence-corrected chi connectivity index (χ3v) is 6.42. The molecule has 2 unspecified atom stereocenters. The number of carbonyl (C=O) groups excluding carboxylic acids is 1. The summed E-state index contributed by atoms with van der Waals surface area (Å²) in [5.74, 6) is -0.0576. The van der Waals surface area contributed by atoms with E-state index in [2.05, 4.69) is 21.8 Å². The van der Waals surface area contributed by atoms with E-state index in [1.807, 2.05) is 18.2 Å². The minimum absolute atomic E-state index is 0.0339. The Labute approximate surface area is 185 Å². The number of nitrogens with one attached hydrogen (secondary N) is 2. The van der Waals surface area contributed by atoms with Crippen LogP contribution in [-0.4, -0.2) is 34.4 Å². The topological polar surface area (TPSA) is 81.1 Å². The number of aromatic nitrogens is 1. The Kier molecular flexibility index (Phi) is 5.20. The lowest BCUT2D eigenvalue weighted by Crippen LogP contribution is -2.42. The van der Waals surface area contributed by atoms with E-state index >= 15 is 0 Å². The van der Waals surface area contributed by atoms with Crippen LogP contribution in [0.3, 0.4) is 0 Å². The van der Waals surface area contributed by atoms with Crippen LogP contribution in [0.2, 0.25) is 0 Å². The van der Waals surface area contributed by atoms with Crippen molar-refractivity contribution in [1.82, 2.24) is 15.2 Å². The standard InChI is InChI=1S/C25H22FN5O/c26-19-6-8-20(9-7-19)29-22-11-12-28-13-21(22)16-1-3-17(4-2-16)25(32)30-24-18-5-10-23(24)31(14-18)15-27/h1-4,6-9,11-13,18,23-24H,5,10,14H2,(H,28,29)(H,30,32)/t18?,23?,24-/m1/s1. The predicted octanol–water partition coefficient (Wildman–Crippen LogP) is 4.30. The van der Waals surface area contributed by atoms with E-state index in [1.54, 1.807) is 41.6 Å². The van der Waals surface area contributed by atoms with E-state index in [0.29, 0.717) is 11.5 Å². The number of nitrogens with zero attached hydrogens (tertiary/aromatic N) is 3. The molecule has 160 valence electrons. The second-order valence-corrected chi connectivity index (χ2v) is 8.29. The van der Waals surface area contributed by atoms with E-state index in [1.165, 1.54) is 12.1 Å². The van der Waals surface area contributed by atoms with Crippen molar-refractivity contribution in [2.45, 2.75) is 24.9 Å². The molecule has 1 saturated carbocycles. The molecule has 5 rings (SSSR count). The van der Waals surface area contributed by atoms with Gasteiger partial charge in [-0.15, -0.1) is 0 Å². The highest BCUT2D eigenvalue weighted by atomic mass is 19.1. The molecule has 2 aromatic carbocycles. The molecule has 2 fully saturated rings. The van der Waals surface area contributed by atoms with Gasteiger partial charge in [-0.2, -0.15) is 5.26 Å². The fourth-order valence-corrected chi connectivity index (χ4v) is 4.79. The van der Waals surface area contributed by atoms with Gasteiger partial charge in [0.25, 0.3) is 5.91 Å². The van der Waals surface area contributed by atoms with E-state index in [-0.39, 0.29) is 23.8 Å². The van der Waals surface area contributed by atoms with Gasteiger partial charge in [-0.1, -0.05) is 12.1 Å². The lowest BCUT2D eigenvalue weighted by molar-refractivity contribution is 0.0929. The first kappa shape index (κ1) is 20.0. The summed E-state index contributed by atoms with van der Waals surface area (Å²) in [6.45, 7) is 0.732. The first-order valence-corrected chi connectivity index (χ1v) is 10.7. The molecular formula is C25H22FN5O. The van der Waals surface area contributed by atoms with E-state index in [4.69, 9.17) is 0 Å². The zero-order valence-electron chi connectivity index (χ0n) is 17.3. The number of hydrogen-bond acceptors (Lipinski definition) is 5. The fourth-order valence-electron chi connectivity index (χ4n) is 4.79. The summed E-state index contributed by atoms with van der Waals surface area (Å²) in [5.41, 5.74) is 3.98. The van der Waals surface area contributed by atoms with E-state index in [0.717, 1.165) is 41.9 Å². The number of nitriles is 1. The van der Waals surface area contributed by atoms with Crippen molar-refractivity contribution in [3.63, 3.8) is 0 Å². The molecule has 0 radical (unpaired) electrons. The maximum Gasteiger partial charge on any atom is 0.251 e. The molecule has 3 atom stereocenters. The zero-order valence-corrected chi connectivity index (χ0v) is 17.3. The number of rotatable bonds is 5. The molecule has 6 nitrogen and oxygen atoms in total. The smallest absolute Gasteiger partial charge is 0.251 e. The average Bonchev–Trinajstić information content (AvgIpc) is 3.37. The molecule has 2 aliphatic rings. The number of pyridine rings is 1. The molecule has 1 saturated heterocycles. The molecule has 2 heterocycles. The second kappa shape index (κ2) is 8.31. The molecule has 1 aliphatic heterocycles. The second-order valence-electron chi connectivity index (χ2n) is 8.29. The van der Waals surface area contributed by atoms with Crippen LogP contribution in [0.25, 0.3) is 11.1 Å². The van der Waals surface area contributed by atoms with Gasteiger partial charge in [0.2, 0.25) is 0 Å². The summed E-state index contributed by atoms with van der Waals surface area (Å²) < 4.78 is 13.2. The van der Waals surface area contributed by atoms with Gasteiger partial charge in [0.05, 0.1) is 12.1 Å². The Bertz CT molecular complexity index is 1170. The van der Waals surface area contributed by atoms with Crippen LogP contribution in [0.4, 0.5) is 15.8 Å². The highest BCUT2D eigenvalue weighted by Gasteiger charge is 2.47. The maximum atomic E-state index is 13.2. The first-order valence-electron chi connectivity index (χ1n) is 10.7. The van der Waals surface area contributed by atoms with Crippen molar-refractivity contribution >= 4 is 17.3 Å². The van der Waals surface area contributed by atoms with Crippen molar-refractivity contribution in [3.8, 4) is 17.3 Å². The van der Waals surface area contributed by atoms with Crippen molar-refractivity contribution in [2.75, 3.05) is 11.9 Å². The van der Waals surface area contributed by atoms with Crippen LogP contribution in [0, 0.1) is 23.2 Å². The van der Waals surface area contributed by atoms with Gasteiger partial charge in [0.1, 0.15) is 5.82 Å². The normalized spacial score (nSPS) is 21.2. The number of benzene rings is 2. The quantitative estimate of drug-likeness (QED) is 0.593. The summed E-state index contributed by atoms with van der Waals surface area (Å²) in [5, 5.41) is 15.7. The van der Waals surface area contributed by atoms with Crippen molar-refractivity contribution in [2.24, 2.45) is 5.92 Å². The highest BCUT2D eigenvalue weighted by molar-refractivity contribution is 5.95. The van der Waals surface area contributed by atoms with Crippen LogP contribution in [0.15, 0.2) is 67.0 Å². The van der Waals surface area contributed by atoms with Crippen LogP contribution in [0.5, 0.6) is 0 Å². The van der Waals surface area contributed by atoms with Crippen molar-refractivity contribution in [1.29, 1.82) is 5.26 Å². The molecule has 2 N–H and O–H groups in total. The van der Waals surface area contributed by atoms with Gasteiger partial charge >= 0.3 is 0 Å². The highest BCUT2D eigenvalue weighted by Crippen LogP contribution is 2.37. The Morgan fingerprint density at radius 3 is 2.59 bits per heavy atom. The first-order chi connectivity index (χ1) is 15.6. The van der Waals surface area contributed by atoms with Crippen molar-refractivity contribution in [3.05, 3.63) is 78.4 Å². The zero-order chi connectivity index (χ0) is 22.1. The Morgan fingerprint density at radius 2 is 1.88 bits per heavy atom. The van der Waals surface area contributed by atoms with Crippen LogP contribution >= 0.6 is 0 Å². The van der Waals surface area contributed by atoms with Gasteiger partial charge in [-0.3, -0.25) is 9.78 Å². The number of piperidine rings is 1. The number of likely N-dealkylation sites (tertiary alicyclic amines) is 1. The van der Waals surface area contributed by atoms with Crippen molar-refractivity contribution < 1.29 is 9.18 Å². The molecule has 1 aromatic heterocycles.